The van der Waals surface area contributed by atoms with Gasteiger partial charge in [0.1, 0.15) is 5.69 Å². The summed E-state index contributed by atoms with van der Waals surface area (Å²) in [6, 6.07) is 38.9. The van der Waals surface area contributed by atoms with Crippen molar-refractivity contribution in [2.75, 3.05) is 0 Å². The summed E-state index contributed by atoms with van der Waals surface area (Å²) < 4.78 is 10.1. The number of hydrogen-bond donors (Lipinski definition) is 0. The summed E-state index contributed by atoms with van der Waals surface area (Å²) in [5.41, 5.74) is 9.03. The third-order valence-electron chi connectivity index (χ3n) is 6.93. The number of fused-ring (bicyclic) bond motifs is 4. The third-order valence-corrected chi connectivity index (χ3v) is 6.93. The molecule has 1 radical (unpaired) electrons. The van der Waals surface area contributed by atoms with E-state index in [4.69, 9.17) is 4.42 Å². The van der Waals surface area contributed by atoms with E-state index >= 15 is 0 Å². The van der Waals surface area contributed by atoms with Crippen molar-refractivity contribution in [2.45, 2.75) is 6.92 Å². The van der Waals surface area contributed by atoms with Gasteiger partial charge in [-0.2, -0.15) is 29.8 Å². The normalized spacial score (nSPS) is 11.3. The molecule has 0 N–H and O–H groups in total. The fraction of sp³-hybridized carbons (Fsp3) is 0.0625. The molecule has 0 bridgehead atoms. The molecule has 0 spiro atoms. The first-order valence-corrected chi connectivity index (χ1v) is 12.0. The number of aromatic nitrogens is 3. The number of para-hydroxylation sites is 1. The molecule has 0 saturated heterocycles. The minimum atomic E-state index is 0. The summed E-state index contributed by atoms with van der Waals surface area (Å²) in [4.78, 5) is 4.28. The van der Waals surface area contributed by atoms with E-state index in [1.165, 1.54) is 28.2 Å². The standard InChI is InChI=1S/C32H22N3O.Y/c1-21-12-13-23(24-15-17-30-28(19-24)33-20-36-30)18-27(21)32-34(2)29-16-14-22-8-6-7-11-26(22)31(29)35(32)25-9-4-3-5-10-25;/h3-17,20H,1-2H3;/q-1;. The Morgan fingerprint density at radius 2 is 1.57 bits per heavy atom. The Bertz CT molecular complexity index is 1920. The first-order valence-electron chi connectivity index (χ1n) is 12.0. The minimum Gasteiger partial charge on any atom is -0.490 e. The SMILES string of the molecule is Cc1ccc(-c2[c-]c3ncoc3cc2)[c-]c1-c1n(-c2ccccc2)c2c3ccccc3ccc2[n+]1C.[Y]. The van der Waals surface area contributed by atoms with Crippen molar-refractivity contribution in [2.24, 2.45) is 7.05 Å². The third kappa shape index (κ3) is 3.83. The molecule has 5 aromatic carbocycles. The smallest absolute Gasteiger partial charge is 0.229 e. The van der Waals surface area contributed by atoms with Crippen LogP contribution >= 0.6 is 0 Å². The zero-order chi connectivity index (χ0) is 24.2. The molecule has 0 aliphatic rings. The first-order chi connectivity index (χ1) is 17.7. The Kier molecular flexibility index (Phi) is 6.02. The van der Waals surface area contributed by atoms with Gasteiger partial charge in [0.15, 0.2) is 17.4 Å². The van der Waals surface area contributed by atoms with Gasteiger partial charge in [-0.1, -0.05) is 43.3 Å². The Hall–Kier alpha value is -3.60. The van der Waals surface area contributed by atoms with E-state index in [2.05, 4.69) is 119 Å². The van der Waals surface area contributed by atoms with Gasteiger partial charge in [0.25, 0.3) is 0 Å². The Morgan fingerprint density at radius 1 is 0.811 bits per heavy atom. The fourth-order valence-electron chi connectivity index (χ4n) is 5.14. The molecule has 0 aliphatic heterocycles. The molecule has 7 rings (SSSR count). The van der Waals surface area contributed by atoms with E-state index < -0.39 is 0 Å². The van der Waals surface area contributed by atoms with Crippen LogP contribution in [0.3, 0.4) is 0 Å². The van der Waals surface area contributed by atoms with Gasteiger partial charge in [-0.05, 0) is 41.3 Å². The molecule has 175 valence electrons. The van der Waals surface area contributed by atoms with Crippen LogP contribution in [0.25, 0.3) is 61.1 Å². The van der Waals surface area contributed by atoms with Crippen LogP contribution in [0, 0.1) is 19.1 Å². The number of benzene rings is 5. The maximum atomic E-state index is 5.41. The van der Waals surface area contributed by atoms with Gasteiger partial charge in [-0.25, -0.2) is 15.1 Å². The zero-order valence-electron chi connectivity index (χ0n) is 20.6. The maximum Gasteiger partial charge on any atom is 0.229 e. The molecule has 4 nitrogen and oxygen atoms in total. The van der Waals surface area contributed by atoms with E-state index in [0.29, 0.717) is 0 Å². The second kappa shape index (κ2) is 9.37. The van der Waals surface area contributed by atoms with E-state index in [9.17, 15) is 0 Å². The predicted molar refractivity (Wildman–Crippen MR) is 143 cm³/mol. The summed E-state index contributed by atoms with van der Waals surface area (Å²) in [5.74, 6) is 1.08. The van der Waals surface area contributed by atoms with Crippen molar-refractivity contribution in [3.8, 4) is 28.2 Å². The van der Waals surface area contributed by atoms with Gasteiger partial charge in [-0.3, -0.25) is 4.57 Å². The number of nitrogens with zero attached hydrogens (tertiary/aromatic N) is 3. The number of imidazole rings is 1. The van der Waals surface area contributed by atoms with Gasteiger partial charge < -0.3 is 4.42 Å². The summed E-state index contributed by atoms with van der Waals surface area (Å²) in [5, 5.41) is 2.44. The molecule has 0 saturated carbocycles. The summed E-state index contributed by atoms with van der Waals surface area (Å²) >= 11 is 0. The zero-order valence-corrected chi connectivity index (χ0v) is 23.4. The van der Waals surface area contributed by atoms with Gasteiger partial charge in [0.2, 0.25) is 5.82 Å². The van der Waals surface area contributed by atoms with Gasteiger partial charge in [0, 0.05) is 43.6 Å². The Labute approximate surface area is 240 Å². The molecule has 0 atom stereocenters. The molecule has 0 aliphatic carbocycles. The Balaban J connectivity index is 0.00000252. The summed E-state index contributed by atoms with van der Waals surface area (Å²) in [7, 11) is 2.14. The van der Waals surface area contributed by atoms with E-state index in [-0.39, 0.29) is 32.7 Å². The largest absolute Gasteiger partial charge is 0.490 e. The van der Waals surface area contributed by atoms with Crippen molar-refractivity contribution in [3.63, 3.8) is 0 Å². The van der Waals surface area contributed by atoms with E-state index in [1.807, 2.05) is 12.1 Å². The molecule has 37 heavy (non-hydrogen) atoms. The monoisotopic (exact) mass is 553 g/mol. The number of hydrogen-bond acceptors (Lipinski definition) is 2. The molecule has 2 aromatic heterocycles. The number of oxazole rings is 1. The average Bonchev–Trinajstić information content (AvgIpc) is 3.51. The van der Waals surface area contributed by atoms with Crippen molar-refractivity contribution in [1.82, 2.24) is 9.55 Å². The fourth-order valence-corrected chi connectivity index (χ4v) is 5.14. The molecule has 5 heteroatoms. The van der Waals surface area contributed by atoms with Crippen molar-refractivity contribution >= 4 is 32.9 Å². The van der Waals surface area contributed by atoms with Crippen molar-refractivity contribution < 1.29 is 41.7 Å². The maximum absolute atomic E-state index is 5.41. The van der Waals surface area contributed by atoms with Crippen LogP contribution in [0.15, 0.2) is 102 Å². The summed E-state index contributed by atoms with van der Waals surface area (Å²) in [6.07, 6.45) is 1.46. The average molecular weight is 553 g/mol. The molecule has 0 fully saturated rings. The molecule has 2 heterocycles. The minimum absolute atomic E-state index is 0. The quantitative estimate of drug-likeness (QED) is 0.175. The second-order valence-electron chi connectivity index (χ2n) is 9.08. The van der Waals surface area contributed by atoms with Gasteiger partial charge in [-0.15, -0.1) is 17.7 Å². The van der Waals surface area contributed by atoms with Crippen LogP contribution in [0.2, 0.25) is 0 Å². The van der Waals surface area contributed by atoms with E-state index in [1.54, 1.807) is 0 Å². The van der Waals surface area contributed by atoms with Crippen LogP contribution in [-0.4, -0.2) is 9.55 Å². The second-order valence-corrected chi connectivity index (χ2v) is 9.08. The summed E-state index contributed by atoms with van der Waals surface area (Å²) in [6.45, 7) is 2.14. The molecule has 0 amide bonds. The molecular weight excluding hydrogens is 531 g/mol. The van der Waals surface area contributed by atoms with Gasteiger partial charge in [0.05, 0.1) is 12.6 Å². The molecule has 7 aromatic rings. The van der Waals surface area contributed by atoms with Crippen LogP contribution in [-0.2, 0) is 39.8 Å². The van der Waals surface area contributed by atoms with Crippen molar-refractivity contribution in [3.05, 3.63) is 115 Å². The van der Waals surface area contributed by atoms with Crippen LogP contribution in [0.4, 0.5) is 0 Å². The Morgan fingerprint density at radius 3 is 2.43 bits per heavy atom. The number of rotatable bonds is 3. The molecule has 0 unspecified atom stereocenters. The van der Waals surface area contributed by atoms with Crippen LogP contribution in [0.1, 0.15) is 5.56 Å². The van der Waals surface area contributed by atoms with Crippen LogP contribution in [0.5, 0.6) is 0 Å². The van der Waals surface area contributed by atoms with E-state index in [0.717, 1.165) is 44.9 Å². The first kappa shape index (κ1) is 23.8. The topological polar surface area (TPSA) is 34.8 Å². The molecular formula is C32H22N3OY-. The van der Waals surface area contributed by atoms with Gasteiger partial charge >= 0.3 is 0 Å². The van der Waals surface area contributed by atoms with Crippen molar-refractivity contribution in [1.29, 1.82) is 0 Å². The number of aryl methyl sites for hydroxylation is 2. The predicted octanol–water partition coefficient (Wildman–Crippen LogP) is 6.99. The van der Waals surface area contributed by atoms with Crippen LogP contribution < -0.4 is 4.57 Å².